The summed E-state index contributed by atoms with van der Waals surface area (Å²) >= 11 is 0. The molecular formula is C28H27FN4O5. The molecule has 4 rings (SSSR count). The lowest BCUT2D eigenvalue weighted by molar-refractivity contribution is -0.117. The van der Waals surface area contributed by atoms with Crippen molar-refractivity contribution in [2.45, 2.75) is 32.4 Å². The normalized spacial score (nSPS) is 10.8. The molecule has 0 aliphatic rings. The zero-order valence-corrected chi connectivity index (χ0v) is 20.8. The molecule has 0 atom stereocenters. The summed E-state index contributed by atoms with van der Waals surface area (Å²) in [6.45, 7) is -0.208. The van der Waals surface area contributed by atoms with Gasteiger partial charge in [0.1, 0.15) is 18.1 Å². The molecule has 4 aromatic rings. The highest BCUT2D eigenvalue weighted by molar-refractivity contribution is 5.92. The summed E-state index contributed by atoms with van der Waals surface area (Å²) in [7, 11) is 1.52. The van der Waals surface area contributed by atoms with Gasteiger partial charge in [0.15, 0.2) is 0 Å². The quantitative estimate of drug-likeness (QED) is 0.311. The molecule has 3 aromatic carbocycles. The topological polar surface area (TPSA) is 111 Å². The van der Waals surface area contributed by atoms with Crippen molar-refractivity contribution in [1.29, 1.82) is 0 Å². The summed E-state index contributed by atoms with van der Waals surface area (Å²) < 4.78 is 20.6. The number of anilines is 2. The van der Waals surface area contributed by atoms with Gasteiger partial charge in [-0.15, -0.1) is 0 Å². The van der Waals surface area contributed by atoms with E-state index in [0.717, 1.165) is 4.57 Å². The highest BCUT2D eigenvalue weighted by Gasteiger charge is 2.16. The van der Waals surface area contributed by atoms with Gasteiger partial charge in [0.25, 0.3) is 5.56 Å². The number of halogens is 1. The number of carbonyl (C=O) groups is 2. The minimum atomic E-state index is -0.606. The fraction of sp³-hybridized carbons (Fsp3) is 0.214. The molecule has 38 heavy (non-hydrogen) atoms. The van der Waals surface area contributed by atoms with Crippen LogP contribution in [0.25, 0.3) is 10.9 Å². The largest absolute Gasteiger partial charge is 0.497 e. The number of fused-ring (bicyclic) bond motifs is 1. The van der Waals surface area contributed by atoms with Crippen molar-refractivity contribution < 1.29 is 18.7 Å². The average molecular weight is 519 g/mol. The number of para-hydroxylation sites is 1. The number of ether oxygens (including phenoxy) is 1. The standard InChI is InChI=1S/C28H27FN4O5/c1-38-22-8-6-7-21(17-22)31-26(35)18-33-24-10-3-2-9-23(24)27(36)32(28(33)37)16-5-4-11-25(34)30-20-14-12-19(29)13-15-20/h2-3,6-10,12-15,17H,4-5,11,16,18H2,1H3,(H,30,34)(H,31,35). The Morgan fingerprint density at radius 3 is 2.34 bits per heavy atom. The summed E-state index contributed by atoms with van der Waals surface area (Å²) in [5.41, 5.74) is 0.297. The smallest absolute Gasteiger partial charge is 0.331 e. The lowest BCUT2D eigenvalue weighted by atomic mass is 10.2. The first-order valence-electron chi connectivity index (χ1n) is 12.1. The summed E-state index contributed by atoms with van der Waals surface area (Å²) in [6, 6.07) is 18.9. The van der Waals surface area contributed by atoms with Crippen LogP contribution >= 0.6 is 0 Å². The van der Waals surface area contributed by atoms with E-state index in [1.54, 1.807) is 48.5 Å². The van der Waals surface area contributed by atoms with Crippen LogP contribution in [0.15, 0.2) is 82.4 Å². The van der Waals surface area contributed by atoms with E-state index in [9.17, 15) is 23.6 Å². The Morgan fingerprint density at radius 1 is 0.842 bits per heavy atom. The molecule has 10 heteroatoms. The third kappa shape index (κ3) is 6.33. The molecule has 0 unspecified atom stereocenters. The molecule has 0 radical (unpaired) electrons. The van der Waals surface area contributed by atoms with Gasteiger partial charge in [0.2, 0.25) is 11.8 Å². The van der Waals surface area contributed by atoms with E-state index in [1.165, 1.54) is 35.9 Å². The molecule has 0 aliphatic carbocycles. The molecule has 9 nitrogen and oxygen atoms in total. The number of nitrogens with one attached hydrogen (secondary N) is 2. The maximum Gasteiger partial charge on any atom is 0.331 e. The van der Waals surface area contributed by atoms with E-state index in [0.29, 0.717) is 40.9 Å². The number of benzene rings is 3. The van der Waals surface area contributed by atoms with E-state index in [1.807, 2.05) is 0 Å². The maximum atomic E-state index is 13.3. The monoisotopic (exact) mass is 518 g/mol. The van der Waals surface area contributed by atoms with Crippen molar-refractivity contribution in [1.82, 2.24) is 9.13 Å². The molecule has 0 saturated carbocycles. The molecule has 1 aromatic heterocycles. The van der Waals surface area contributed by atoms with E-state index in [4.69, 9.17) is 4.74 Å². The Morgan fingerprint density at radius 2 is 1.58 bits per heavy atom. The first kappa shape index (κ1) is 26.3. The number of nitrogens with zero attached hydrogens (tertiary/aromatic N) is 2. The van der Waals surface area contributed by atoms with Gasteiger partial charge in [-0.25, -0.2) is 9.18 Å². The Hall–Kier alpha value is -4.73. The molecule has 2 amide bonds. The van der Waals surface area contributed by atoms with Crippen LogP contribution in [0.2, 0.25) is 0 Å². The van der Waals surface area contributed by atoms with Gasteiger partial charge in [0, 0.05) is 30.4 Å². The molecule has 2 N–H and O–H groups in total. The summed E-state index contributed by atoms with van der Waals surface area (Å²) in [5, 5.41) is 5.74. The van der Waals surface area contributed by atoms with Crippen LogP contribution in [0.4, 0.5) is 15.8 Å². The molecule has 0 fully saturated rings. The van der Waals surface area contributed by atoms with Crippen molar-refractivity contribution in [2.24, 2.45) is 0 Å². The summed E-state index contributed by atoms with van der Waals surface area (Å²) in [6.07, 6.45) is 0.971. The number of hydrogen-bond acceptors (Lipinski definition) is 5. The SMILES string of the molecule is COc1cccc(NC(=O)Cn2c(=O)n(CCCCC(=O)Nc3ccc(F)cc3)c(=O)c3ccccc32)c1. The molecule has 0 saturated heterocycles. The molecule has 0 aliphatic heterocycles. The van der Waals surface area contributed by atoms with Crippen molar-refractivity contribution in [3.8, 4) is 5.75 Å². The first-order chi connectivity index (χ1) is 18.4. The Kier molecular flexibility index (Phi) is 8.32. The third-order valence-corrected chi connectivity index (χ3v) is 5.95. The lowest BCUT2D eigenvalue weighted by Gasteiger charge is -2.14. The van der Waals surface area contributed by atoms with Gasteiger partial charge in [-0.1, -0.05) is 18.2 Å². The average Bonchev–Trinajstić information content (AvgIpc) is 2.92. The fourth-order valence-corrected chi connectivity index (χ4v) is 4.08. The fourth-order valence-electron chi connectivity index (χ4n) is 4.08. The number of methoxy groups -OCH3 is 1. The minimum Gasteiger partial charge on any atom is -0.497 e. The Balaban J connectivity index is 1.46. The Labute approximate surface area is 217 Å². The first-order valence-corrected chi connectivity index (χ1v) is 12.1. The second-order valence-corrected chi connectivity index (χ2v) is 8.63. The number of carbonyl (C=O) groups excluding carboxylic acids is 2. The molecule has 196 valence electrons. The summed E-state index contributed by atoms with van der Waals surface area (Å²) in [4.78, 5) is 51.4. The number of unbranched alkanes of at least 4 members (excludes halogenated alkanes) is 1. The molecule has 1 heterocycles. The number of aromatic nitrogens is 2. The molecule has 0 bridgehead atoms. The van der Waals surface area contributed by atoms with Crippen LogP contribution in [0.1, 0.15) is 19.3 Å². The number of amides is 2. The van der Waals surface area contributed by atoms with E-state index < -0.39 is 23.0 Å². The van der Waals surface area contributed by atoms with Crippen molar-refractivity contribution in [2.75, 3.05) is 17.7 Å². The highest BCUT2D eigenvalue weighted by Crippen LogP contribution is 2.17. The zero-order valence-electron chi connectivity index (χ0n) is 20.8. The van der Waals surface area contributed by atoms with Crippen LogP contribution in [0, 0.1) is 5.82 Å². The Bertz CT molecular complexity index is 1580. The van der Waals surface area contributed by atoms with Crippen LogP contribution in [-0.4, -0.2) is 28.1 Å². The molecule has 0 spiro atoms. The number of rotatable bonds is 10. The van der Waals surface area contributed by atoms with Gasteiger partial charge < -0.3 is 15.4 Å². The van der Waals surface area contributed by atoms with Gasteiger partial charge in [-0.05, 0) is 61.4 Å². The predicted octanol–water partition coefficient (Wildman–Crippen LogP) is 3.76. The van der Waals surface area contributed by atoms with Gasteiger partial charge in [0.05, 0.1) is 18.0 Å². The van der Waals surface area contributed by atoms with Crippen LogP contribution in [-0.2, 0) is 22.7 Å². The molecular weight excluding hydrogens is 491 g/mol. The lowest BCUT2D eigenvalue weighted by Crippen LogP contribution is -2.41. The van der Waals surface area contributed by atoms with Crippen LogP contribution < -0.4 is 26.6 Å². The van der Waals surface area contributed by atoms with Crippen molar-refractivity contribution in [3.05, 3.63) is 99.5 Å². The predicted molar refractivity (Wildman–Crippen MR) is 143 cm³/mol. The van der Waals surface area contributed by atoms with Crippen LogP contribution in [0.5, 0.6) is 5.75 Å². The van der Waals surface area contributed by atoms with Gasteiger partial charge >= 0.3 is 5.69 Å². The van der Waals surface area contributed by atoms with Crippen LogP contribution in [0.3, 0.4) is 0 Å². The number of hydrogen-bond donors (Lipinski definition) is 2. The second kappa shape index (κ2) is 12.0. The van der Waals surface area contributed by atoms with E-state index >= 15 is 0 Å². The van der Waals surface area contributed by atoms with E-state index in [2.05, 4.69) is 10.6 Å². The van der Waals surface area contributed by atoms with Gasteiger partial charge in [-0.2, -0.15) is 0 Å². The van der Waals surface area contributed by atoms with Gasteiger partial charge in [-0.3, -0.25) is 23.5 Å². The summed E-state index contributed by atoms with van der Waals surface area (Å²) in [5.74, 6) is -0.514. The van der Waals surface area contributed by atoms with Crippen molar-refractivity contribution in [3.63, 3.8) is 0 Å². The maximum absolute atomic E-state index is 13.3. The second-order valence-electron chi connectivity index (χ2n) is 8.63. The minimum absolute atomic E-state index is 0.0871. The highest BCUT2D eigenvalue weighted by atomic mass is 19.1. The third-order valence-electron chi connectivity index (χ3n) is 5.95. The zero-order chi connectivity index (χ0) is 27.1. The van der Waals surface area contributed by atoms with Crippen molar-refractivity contribution >= 4 is 34.1 Å². The van der Waals surface area contributed by atoms with E-state index in [-0.39, 0.29) is 25.4 Å².